The zero-order valence-corrected chi connectivity index (χ0v) is 14.3. The molecule has 26 heavy (non-hydrogen) atoms. The second-order valence-electron chi connectivity index (χ2n) is 6.09. The van der Waals surface area contributed by atoms with E-state index >= 15 is 0 Å². The molecule has 0 amide bonds. The van der Waals surface area contributed by atoms with Gasteiger partial charge in [0.05, 0.1) is 18.4 Å². The van der Waals surface area contributed by atoms with Crippen molar-refractivity contribution in [2.24, 2.45) is 0 Å². The van der Waals surface area contributed by atoms with Crippen LogP contribution in [0.3, 0.4) is 0 Å². The van der Waals surface area contributed by atoms with Crippen molar-refractivity contribution in [3.05, 3.63) is 64.0 Å². The van der Waals surface area contributed by atoms with Crippen LogP contribution in [0.2, 0.25) is 0 Å². The molecule has 0 aromatic carbocycles. The lowest BCUT2D eigenvalue weighted by Crippen LogP contribution is -2.35. The van der Waals surface area contributed by atoms with Crippen LogP contribution in [0.1, 0.15) is 16.8 Å². The Balaban J connectivity index is 1.54. The molecule has 0 aliphatic carbocycles. The number of hydrogen-bond donors (Lipinski definition) is 1. The molecule has 1 N–H and O–H groups in total. The number of fused-ring (bicyclic) bond motifs is 1. The van der Waals surface area contributed by atoms with Crippen LogP contribution in [0, 0.1) is 0 Å². The van der Waals surface area contributed by atoms with Crippen molar-refractivity contribution in [2.75, 3.05) is 13.7 Å². The van der Waals surface area contributed by atoms with Crippen molar-refractivity contribution in [3.8, 4) is 17.5 Å². The molecule has 0 bridgehead atoms. The van der Waals surface area contributed by atoms with E-state index in [0.29, 0.717) is 36.2 Å². The lowest BCUT2D eigenvalue weighted by molar-refractivity contribution is 0.241. The van der Waals surface area contributed by atoms with Gasteiger partial charge in [0.25, 0.3) is 5.56 Å². The van der Waals surface area contributed by atoms with Crippen molar-refractivity contribution in [1.29, 1.82) is 0 Å². The SMILES string of the molecule is COc1ncc(CN2CCc3nc(-c4ccccn4)[nH]c(=O)c3C2)cn1. The molecule has 8 heteroatoms. The summed E-state index contributed by atoms with van der Waals surface area (Å²) >= 11 is 0. The number of nitrogens with zero attached hydrogens (tertiary/aromatic N) is 5. The molecule has 0 atom stereocenters. The van der Waals surface area contributed by atoms with E-state index in [1.165, 1.54) is 7.11 Å². The molecule has 0 radical (unpaired) electrons. The van der Waals surface area contributed by atoms with Gasteiger partial charge in [-0.05, 0) is 12.1 Å². The number of aromatic nitrogens is 5. The first kappa shape index (κ1) is 16.3. The molecule has 1 aliphatic rings. The van der Waals surface area contributed by atoms with Gasteiger partial charge in [-0.2, -0.15) is 0 Å². The highest BCUT2D eigenvalue weighted by Crippen LogP contribution is 2.18. The maximum Gasteiger partial charge on any atom is 0.316 e. The van der Waals surface area contributed by atoms with E-state index in [4.69, 9.17) is 4.74 Å². The van der Waals surface area contributed by atoms with Crippen LogP contribution in [0.5, 0.6) is 6.01 Å². The average molecular weight is 350 g/mol. The van der Waals surface area contributed by atoms with Crippen LogP contribution in [-0.4, -0.2) is 43.5 Å². The summed E-state index contributed by atoms with van der Waals surface area (Å²) in [4.78, 5) is 34.7. The van der Waals surface area contributed by atoms with E-state index in [2.05, 4.69) is 29.8 Å². The summed E-state index contributed by atoms with van der Waals surface area (Å²) in [6.45, 7) is 2.04. The van der Waals surface area contributed by atoms with Gasteiger partial charge in [-0.15, -0.1) is 0 Å². The molecule has 8 nitrogen and oxygen atoms in total. The zero-order valence-electron chi connectivity index (χ0n) is 14.3. The second-order valence-corrected chi connectivity index (χ2v) is 6.09. The molecule has 3 aromatic heterocycles. The van der Waals surface area contributed by atoms with Crippen molar-refractivity contribution in [1.82, 2.24) is 29.8 Å². The molecular weight excluding hydrogens is 332 g/mol. The average Bonchev–Trinajstić information content (AvgIpc) is 2.69. The van der Waals surface area contributed by atoms with Crippen molar-refractivity contribution in [2.45, 2.75) is 19.5 Å². The minimum absolute atomic E-state index is 0.105. The Kier molecular flexibility index (Phi) is 4.40. The van der Waals surface area contributed by atoms with Crippen LogP contribution < -0.4 is 10.3 Å². The summed E-state index contributed by atoms with van der Waals surface area (Å²) in [5.74, 6) is 0.520. The van der Waals surface area contributed by atoms with Gasteiger partial charge in [0.1, 0.15) is 5.69 Å². The van der Waals surface area contributed by atoms with E-state index in [0.717, 1.165) is 24.2 Å². The third-order valence-corrected chi connectivity index (χ3v) is 4.33. The van der Waals surface area contributed by atoms with Gasteiger partial charge in [-0.1, -0.05) is 6.07 Å². The van der Waals surface area contributed by atoms with Gasteiger partial charge < -0.3 is 9.72 Å². The first-order valence-electron chi connectivity index (χ1n) is 8.33. The molecule has 4 rings (SSSR count). The standard InChI is InChI=1S/C18H18N6O2/c1-26-18-20-8-12(9-21-18)10-24-7-5-14-13(11-24)17(25)23-16(22-14)15-4-2-3-6-19-15/h2-4,6,8-9H,5,7,10-11H2,1H3,(H,22,23,25). The number of methoxy groups -OCH3 is 1. The maximum atomic E-state index is 12.5. The van der Waals surface area contributed by atoms with E-state index in [9.17, 15) is 4.79 Å². The van der Waals surface area contributed by atoms with E-state index in [-0.39, 0.29) is 5.56 Å². The van der Waals surface area contributed by atoms with Crippen LogP contribution in [-0.2, 0) is 19.5 Å². The Morgan fingerprint density at radius 2 is 2.08 bits per heavy atom. The fourth-order valence-electron chi connectivity index (χ4n) is 3.03. The zero-order chi connectivity index (χ0) is 17.9. The predicted octanol–water partition coefficient (Wildman–Crippen LogP) is 1.19. The third-order valence-electron chi connectivity index (χ3n) is 4.33. The monoisotopic (exact) mass is 350 g/mol. The van der Waals surface area contributed by atoms with Gasteiger partial charge >= 0.3 is 6.01 Å². The lowest BCUT2D eigenvalue weighted by atomic mass is 10.1. The van der Waals surface area contributed by atoms with Gasteiger partial charge in [-0.25, -0.2) is 15.0 Å². The smallest absolute Gasteiger partial charge is 0.316 e. The number of pyridine rings is 1. The lowest BCUT2D eigenvalue weighted by Gasteiger charge is -2.27. The number of nitrogens with one attached hydrogen (secondary N) is 1. The van der Waals surface area contributed by atoms with Gasteiger partial charge in [0, 0.05) is 50.2 Å². The Morgan fingerprint density at radius 3 is 2.81 bits per heavy atom. The van der Waals surface area contributed by atoms with E-state index < -0.39 is 0 Å². The minimum Gasteiger partial charge on any atom is -0.467 e. The minimum atomic E-state index is -0.105. The number of hydrogen-bond acceptors (Lipinski definition) is 7. The largest absolute Gasteiger partial charge is 0.467 e. The molecule has 3 aromatic rings. The van der Waals surface area contributed by atoms with E-state index in [1.807, 2.05) is 18.2 Å². The normalized spacial score (nSPS) is 14.0. The quantitative estimate of drug-likeness (QED) is 0.755. The summed E-state index contributed by atoms with van der Waals surface area (Å²) in [7, 11) is 1.54. The third kappa shape index (κ3) is 3.31. The van der Waals surface area contributed by atoms with Crippen molar-refractivity contribution >= 4 is 0 Å². The second kappa shape index (κ2) is 7.01. The highest BCUT2D eigenvalue weighted by Gasteiger charge is 2.22. The predicted molar refractivity (Wildman–Crippen MR) is 94.5 cm³/mol. The highest BCUT2D eigenvalue weighted by molar-refractivity contribution is 5.49. The summed E-state index contributed by atoms with van der Waals surface area (Å²) in [5, 5.41) is 0. The van der Waals surface area contributed by atoms with Crippen LogP contribution in [0.25, 0.3) is 11.5 Å². The van der Waals surface area contributed by atoms with Crippen LogP contribution >= 0.6 is 0 Å². The highest BCUT2D eigenvalue weighted by atomic mass is 16.5. The van der Waals surface area contributed by atoms with Crippen molar-refractivity contribution < 1.29 is 4.74 Å². The molecule has 1 aliphatic heterocycles. The molecule has 132 valence electrons. The topological polar surface area (TPSA) is 96.9 Å². The summed E-state index contributed by atoms with van der Waals surface area (Å²) < 4.78 is 4.97. The molecular formula is C18H18N6O2. The molecule has 0 saturated heterocycles. The first-order valence-corrected chi connectivity index (χ1v) is 8.33. The molecule has 0 saturated carbocycles. The molecule has 0 unspecified atom stereocenters. The van der Waals surface area contributed by atoms with Crippen LogP contribution in [0.4, 0.5) is 0 Å². The van der Waals surface area contributed by atoms with Crippen LogP contribution in [0.15, 0.2) is 41.6 Å². The number of ether oxygens (including phenoxy) is 1. The van der Waals surface area contributed by atoms with Crippen molar-refractivity contribution in [3.63, 3.8) is 0 Å². The Hall–Kier alpha value is -3.13. The van der Waals surface area contributed by atoms with Gasteiger partial charge in [0.15, 0.2) is 5.82 Å². The fraction of sp³-hybridized carbons (Fsp3) is 0.278. The Bertz CT molecular complexity index is 956. The summed E-state index contributed by atoms with van der Waals surface area (Å²) in [6, 6.07) is 5.89. The molecule has 0 fully saturated rings. The fourth-order valence-corrected chi connectivity index (χ4v) is 3.03. The van der Waals surface area contributed by atoms with E-state index in [1.54, 1.807) is 18.6 Å². The number of rotatable bonds is 4. The molecule has 4 heterocycles. The Morgan fingerprint density at radius 1 is 1.23 bits per heavy atom. The Labute approximate surface area is 149 Å². The van der Waals surface area contributed by atoms with Gasteiger partial charge in [-0.3, -0.25) is 14.7 Å². The summed E-state index contributed by atoms with van der Waals surface area (Å²) in [5.41, 5.74) is 3.10. The van der Waals surface area contributed by atoms with Gasteiger partial charge in [0.2, 0.25) is 0 Å². The number of H-pyrrole nitrogens is 1. The maximum absolute atomic E-state index is 12.5. The molecule has 0 spiro atoms. The summed E-state index contributed by atoms with van der Waals surface area (Å²) in [6.07, 6.45) is 5.89. The first-order chi connectivity index (χ1) is 12.7. The number of aromatic amines is 1.